The Kier molecular flexibility index (Phi) is 5.16. The van der Waals surface area contributed by atoms with E-state index in [1.807, 2.05) is 12.1 Å². The van der Waals surface area contributed by atoms with Crippen molar-refractivity contribution in [1.29, 1.82) is 0 Å². The van der Waals surface area contributed by atoms with Crippen LogP contribution in [0, 0.1) is 6.92 Å². The number of benzene rings is 2. The summed E-state index contributed by atoms with van der Waals surface area (Å²) in [6.45, 7) is 6.55. The molecule has 0 amide bonds. The number of rotatable bonds is 5. The fourth-order valence-electron chi connectivity index (χ4n) is 3.17. The molecule has 0 spiro atoms. The maximum Gasteiger partial charge on any atom is 0.176 e. The van der Waals surface area contributed by atoms with Crippen LogP contribution in [0.4, 0.5) is 11.4 Å². The van der Waals surface area contributed by atoms with E-state index < -0.39 is 0 Å². The maximum absolute atomic E-state index is 11.9. The minimum atomic E-state index is 0.133. The molecule has 2 aromatic rings. The van der Waals surface area contributed by atoms with Crippen LogP contribution in [0.2, 0.25) is 0 Å². The van der Waals surface area contributed by atoms with Crippen molar-refractivity contribution >= 4 is 17.2 Å². The molecule has 0 bridgehead atoms. The van der Waals surface area contributed by atoms with Gasteiger partial charge in [0.2, 0.25) is 0 Å². The number of carbonyl (C=O) groups is 1. The Labute approximate surface area is 144 Å². The Morgan fingerprint density at radius 2 is 1.58 bits per heavy atom. The smallest absolute Gasteiger partial charge is 0.176 e. The molecule has 0 radical (unpaired) electrons. The van der Waals surface area contributed by atoms with Gasteiger partial charge in [-0.25, -0.2) is 0 Å². The molecule has 24 heavy (non-hydrogen) atoms. The minimum absolute atomic E-state index is 0.133. The number of nitrogens with zero attached hydrogens (tertiary/aromatic N) is 2. The van der Waals surface area contributed by atoms with Crippen molar-refractivity contribution in [1.82, 2.24) is 5.32 Å². The third-order valence-electron chi connectivity index (χ3n) is 4.54. The van der Waals surface area contributed by atoms with Crippen molar-refractivity contribution in [3.8, 4) is 0 Å². The van der Waals surface area contributed by atoms with Crippen LogP contribution in [-0.4, -0.2) is 45.6 Å². The lowest BCUT2D eigenvalue weighted by Crippen LogP contribution is -2.46. The quantitative estimate of drug-likeness (QED) is 0.858. The summed E-state index contributed by atoms with van der Waals surface area (Å²) < 4.78 is 0. The van der Waals surface area contributed by atoms with Gasteiger partial charge in [-0.15, -0.1) is 0 Å². The molecule has 1 saturated heterocycles. The van der Waals surface area contributed by atoms with Gasteiger partial charge in [0.05, 0.1) is 6.54 Å². The SMILES string of the molecule is CNCC(=O)c1ccc(N2CCN(c3cccc(C)c3)CC2)cc1. The summed E-state index contributed by atoms with van der Waals surface area (Å²) >= 11 is 0. The summed E-state index contributed by atoms with van der Waals surface area (Å²) in [6, 6.07) is 16.7. The van der Waals surface area contributed by atoms with E-state index in [-0.39, 0.29) is 5.78 Å². The Morgan fingerprint density at radius 1 is 0.958 bits per heavy atom. The van der Waals surface area contributed by atoms with E-state index in [0.717, 1.165) is 31.7 Å². The van der Waals surface area contributed by atoms with E-state index in [1.165, 1.54) is 16.9 Å². The molecule has 1 aliphatic rings. The molecule has 1 fully saturated rings. The number of piperazine rings is 1. The normalized spacial score (nSPS) is 14.8. The molecule has 0 aliphatic carbocycles. The first-order valence-corrected chi connectivity index (χ1v) is 8.52. The van der Waals surface area contributed by atoms with Gasteiger partial charge in [-0.3, -0.25) is 4.79 Å². The number of aryl methyl sites for hydroxylation is 1. The van der Waals surface area contributed by atoms with Crippen molar-refractivity contribution in [2.24, 2.45) is 0 Å². The van der Waals surface area contributed by atoms with Crippen LogP contribution in [0.5, 0.6) is 0 Å². The highest BCUT2D eigenvalue weighted by molar-refractivity contribution is 5.97. The van der Waals surface area contributed by atoms with Gasteiger partial charge in [0.15, 0.2) is 5.78 Å². The molecule has 1 N–H and O–H groups in total. The molecule has 126 valence electrons. The van der Waals surface area contributed by atoms with Crippen LogP contribution >= 0.6 is 0 Å². The zero-order chi connectivity index (χ0) is 16.9. The number of hydrogen-bond acceptors (Lipinski definition) is 4. The third-order valence-corrected chi connectivity index (χ3v) is 4.54. The van der Waals surface area contributed by atoms with Crippen molar-refractivity contribution in [3.05, 3.63) is 59.7 Å². The Bertz CT molecular complexity index is 688. The number of likely N-dealkylation sites (N-methyl/N-ethyl adjacent to an activating group) is 1. The molecule has 0 aromatic heterocycles. The summed E-state index contributed by atoms with van der Waals surface area (Å²) in [5, 5.41) is 2.90. The highest BCUT2D eigenvalue weighted by Crippen LogP contribution is 2.21. The summed E-state index contributed by atoms with van der Waals surface area (Å²) in [7, 11) is 1.79. The zero-order valence-corrected chi connectivity index (χ0v) is 14.5. The first-order valence-electron chi connectivity index (χ1n) is 8.52. The van der Waals surface area contributed by atoms with E-state index in [4.69, 9.17) is 0 Å². The first-order chi connectivity index (χ1) is 11.7. The van der Waals surface area contributed by atoms with Gasteiger partial charge in [-0.2, -0.15) is 0 Å². The molecule has 0 saturated carbocycles. The molecule has 3 rings (SSSR count). The van der Waals surface area contributed by atoms with Gasteiger partial charge in [-0.05, 0) is 55.9 Å². The lowest BCUT2D eigenvalue weighted by molar-refractivity contribution is 0.0993. The van der Waals surface area contributed by atoms with Crippen LogP contribution in [-0.2, 0) is 0 Å². The second-order valence-corrected chi connectivity index (χ2v) is 6.31. The molecule has 1 aliphatic heterocycles. The average molecular weight is 323 g/mol. The lowest BCUT2D eigenvalue weighted by Gasteiger charge is -2.37. The number of carbonyl (C=O) groups excluding carboxylic acids is 1. The van der Waals surface area contributed by atoms with Gasteiger partial charge in [-0.1, -0.05) is 12.1 Å². The second-order valence-electron chi connectivity index (χ2n) is 6.31. The van der Waals surface area contributed by atoms with Crippen molar-refractivity contribution < 1.29 is 4.79 Å². The van der Waals surface area contributed by atoms with Gasteiger partial charge in [0, 0.05) is 43.1 Å². The fourth-order valence-corrected chi connectivity index (χ4v) is 3.17. The van der Waals surface area contributed by atoms with Crippen LogP contribution in [0.3, 0.4) is 0 Å². The van der Waals surface area contributed by atoms with Crippen molar-refractivity contribution in [2.75, 3.05) is 49.6 Å². The Hall–Kier alpha value is -2.33. The molecule has 1 heterocycles. The van der Waals surface area contributed by atoms with Crippen LogP contribution in [0.1, 0.15) is 15.9 Å². The van der Waals surface area contributed by atoms with E-state index in [2.05, 4.69) is 58.4 Å². The van der Waals surface area contributed by atoms with Crippen LogP contribution in [0.25, 0.3) is 0 Å². The fraction of sp³-hybridized carbons (Fsp3) is 0.350. The second kappa shape index (κ2) is 7.49. The zero-order valence-electron chi connectivity index (χ0n) is 14.5. The topological polar surface area (TPSA) is 35.6 Å². The van der Waals surface area contributed by atoms with Crippen molar-refractivity contribution in [3.63, 3.8) is 0 Å². The molecular formula is C20H25N3O. The number of ketones is 1. The predicted octanol–water partition coefficient (Wildman–Crippen LogP) is 2.72. The molecule has 4 heteroatoms. The largest absolute Gasteiger partial charge is 0.368 e. The third kappa shape index (κ3) is 3.77. The highest BCUT2D eigenvalue weighted by Gasteiger charge is 2.17. The minimum Gasteiger partial charge on any atom is -0.368 e. The Morgan fingerprint density at radius 3 is 2.17 bits per heavy atom. The molecule has 0 atom stereocenters. The monoisotopic (exact) mass is 323 g/mol. The predicted molar refractivity (Wildman–Crippen MR) is 100 cm³/mol. The lowest BCUT2D eigenvalue weighted by atomic mass is 10.1. The van der Waals surface area contributed by atoms with E-state index >= 15 is 0 Å². The number of nitrogens with one attached hydrogen (secondary N) is 1. The Balaban J connectivity index is 1.61. The molecular weight excluding hydrogens is 298 g/mol. The highest BCUT2D eigenvalue weighted by atomic mass is 16.1. The molecule has 0 unspecified atom stereocenters. The standard InChI is InChI=1S/C20H25N3O/c1-16-4-3-5-19(14-16)23-12-10-22(11-13-23)18-8-6-17(7-9-18)20(24)15-21-2/h3-9,14,21H,10-13,15H2,1-2H3. The number of hydrogen-bond donors (Lipinski definition) is 1. The van der Waals surface area contributed by atoms with E-state index in [0.29, 0.717) is 6.54 Å². The molecule has 4 nitrogen and oxygen atoms in total. The van der Waals surface area contributed by atoms with Gasteiger partial charge < -0.3 is 15.1 Å². The van der Waals surface area contributed by atoms with Crippen LogP contribution < -0.4 is 15.1 Å². The molecule has 2 aromatic carbocycles. The number of Topliss-reactive ketones (excluding diaryl/α,β-unsaturated/α-hetero) is 1. The summed E-state index contributed by atoms with van der Waals surface area (Å²) in [6.07, 6.45) is 0. The van der Waals surface area contributed by atoms with Gasteiger partial charge in [0.25, 0.3) is 0 Å². The first kappa shape index (κ1) is 16.5. The average Bonchev–Trinajstić information content (AvgIpc) is 2.62. The van der Waals surface area contributed by atoms with Crippen molar-refractivity contribution in [2.45, 2.75) is 6.92 Å². The number of anilines is 2. The van der Waals surface area contributed by atoms with Crippen LogP contribution in [0.15, 0.2) is 48.5 Å². The van der Waals surface area contributed by atoms with Gasteiger partial charge in [0.1, 0.15) is 0 Å². The van der Waals surface area contributed by atoms with E-state index in [1.54, 1.807) is 7.05 Å². The summed E-state index contributed by atoms with van der Waals surface area (Å²) in [4.78, 5) is 16.7. The summed E-state index contributed by atoms with van der Waals surface area (Å²) in [5.74, 6) is 0.133. The maximum atomic E-state index is 11.9. The van der Waals surface area contributed by atoms with Gasteiger partial charge >= 0.3 is 0 Å². The summed E-state index contributed by atoms with van der Waals surface area (Å²) in [5.41, 5.74) is 4.57. The van der Waals surface area contributed by atoms with E-state index in [9.17, 15) is 4.79 Å².